The van der Waals surface area contributed by atoms with E-state index in [4.69, 9.17) is 0 Å². The van der Waals surface area contributed by atoms with Crippen molar-refractivity contribution in [2.75, 3.05) is 11.9 Å². The lowest BCUT2D eigenvalue weighted by atomic mass is 10.1. The molecule has 0 saturated heterocycles. The van der Waals surface area contributed by atoms with E-state index in [0.29, 0.717) is 6.07 Å². The fraction of sp³-hybridized carbons (Fsp3) is 0.125. The molecule has 2 rings (SSSR count). The van der Waals surface area contributed by atoms with Gasteiger partial charge in [-0.15, -0.1) is 0 Å². The first-order valence-electron chi connectivity index (χ1n) is 7.67. The van der Waals surface area contributed by atoms with Gasteiger partial charge in [0.1, 0.15) is 6.54 Å². The molecule has 0 heterocycles. The van der Waals surface area contributed by atoms with Crippen molar-refractivity contribution in [2.45, 2.75) is 6.18 Å². The van der Waals surface area contributed by atoms with E-state index in [9.17, 15) is 43.0 Å². The van der Waals surface area contributed by atoms with Gasteiger partial charge in [-0.25, -0.2) is 0 Å². The zero-order valence-electron chi connectivity index (χ0n) is 14.2. The van der Waals surface area contributed by atoms with Crippen molar-refractivity contribution < 1.29 is 32.6 Å². The van der Waals surface area contributed by atoms with Crippen LogP contribution in [0.3, 0.4) is 0 Å². The lowest BCUT2D eigenvalue weighted by molar-refractivity contribution is -0.394. The molecule has 0 aromatic heterocycles. The molecule has 152 valence electrons. The Bertz CT molecular complexity index is 961. The molecule has 0 bridgehead atoms. The summed E-state index contributed by atoms with van der Waals surface area (Å²) in [7, 11) is 0. The number of halogens is 3. The second-order valence-corrected chi connectivity index (χ2v) is 5.55. The number of hydrogen-bond donors (Lipinski definition) is 2. The number of carbonyl (C=O) groups is 2. The summed E-state index contributed by atoms with van der Waals surface area (Å²) in [5.74, 6) is -2.16. The zero-order valence-corrected chi connectivity index (χ0v) is 14.2. The second kappa shape index (κ2) is 8.33. The Hall–Kier alpha value is -4.03. The Morgan fingerprint density at radius 2 is 1.48 bits per heavy atom. The number of rotatable bonds is 6. The Morgan fingerprint density at radius 1 is 0.931 bits per heavy atom. The van der Waals surface area contributed by atoms with Gasteiger partial charge in [-0.1, -0.05) is 12.1 Å². The van der Waals surface area contributed by atoms with Crippen LogP contribution in [0.2, 0.25) is 0 Å². The maximum atomic E-state index is 12.4. The largest absolute Gasteiger partial charge is 0.405 e. The minimum absolute atomic E-state index is 0.189. The molecule has 0 fully saturated rings. The van der Waals surface area contributed by atoms with Gasteiger partial charge in [0, 0.05) is 12.1 Å². The summed E-state index contributed by atoms with van der Waals surface area (Å²) in [6.45, 7) is -1.59. The van der Waals surface area contributed by atoms with Crippen LogP contribution in [0.15, 0.2) is 42.5 Å². The van der Waals surface area contributed by atoms with Gasteiger partial charge in [-0.3, -0.25) is 29.8 Å². The summed E-state index contributed by atoms with van der Waals surface area (Å²) in [5.41, 5.74) is -2.35. The quantitative estimate of drug-likeness (QED) is 0.551. The summed E-state index contributed by atoms with van der Waals surface area (Å²) >= 11 is 0. The summed E-state index contributed by atoms with van der Waals surface area (Å²) in [6.07, 6.45) is -4.64. The number of anilines is 1. The van der Waals surface area contributed by atoms with Crippen molar-refractivity contribution in [3.63, 3.8) is 0 Å². The summed E-state index contributed by atoms with van der Waals surface area (Å²) in [5, 5.41) is 25.7. The van der Waals surface area contributed by atoms with E-state index in [2.05, 4.69) is 5.32 Å². The summed E-state index contributed by atoms with van der Waals surface area (Å²) < 4.78 is 36.8. The number of amides is 2. The second-order valence-electron chi connectivity index (χ2n) is 5.55. The third-order valence-electron chi connectivity index (χ3n) is 3.46. The number of benzene rings is 2. The van der Waals surface area contributed by atoms with Crippen molar-refractivity contribution >= 4 is 28.9 Å². The number of carbonyl (C=O) groups excluding carboxylic acids is 2. The molecule has 0 aliphatic heterocycles. The molecule has 0 aliphatic carbocycles. The lowest BCUT2D eigenvalue weighted by Gasteiger charge is -2.12. The third kappa shape index (κ3) is 5.72. The summed E-state index contributed by atoms with van der Waals surface area (Å²) in [6, 6.07) is 7.32. The van der Waals surface area contributed by atoms with Crippen LogP contribution in [0.25, 0.3) is 0 Å². The van der Waals surface area contributed by atoms with Crippen LogP contribution < -0.4 is 10.6 Å². The standard InChI is InChI=1S/C16H11F3N4O6/c17-16(18,19)8-20-15(25)12-3-1-2-4-13(12)21-14(24)9-5-10(22(26)27)7-11(6-9)23(28)29/h1-7H,8H2,(H,20,25)(H,21,24). The minimum atomic E-state index is -4.64. The Kier molecular flexibility index (Phi) is 6.11. The van der Waals surface area contributed by atoms with E-state index in [1.54, 1.807) is 5.32 Å². The third-order valence-corrected chi connectivity index (χ3v) is 3.46. The zero-order chi connectivity index (χ0) is 21.8. The number of alkyl halides is 3. The van der Waals surface area contributed by atoms with Crippen molar-refractivity contribution in [3.05, 3.63) is 73.8 Å². The summed E-state index contributed by atoms with van der Waals surface area (Å²) in [4.78, 5) is 44.3. The molecule has 0 atom stereocenters. The van der Waals surface area contributed by atoms with Crippen molar-refractivity contribution in [1.82, 2.24) is 5.32 Å². The van der Waals surface area contributed by atoms with Crippen molar-refractivity contribution in [1.29, 1.82) is 0 Å². The predicted molar refractivity (Wildman–Crippen MR) is 92.5 cm³/mol. The molecule has 0 saturated carbocycles. The molecule has 2 N–H and O–H groups in total. The first kappa shape index (κ1) is 21.3. The van der Waals surface area contributed by atoms with E-state index >= 15 is 0 Å². The molecule has 2 aromatic rings. The smallest absolute Gasteiger partial charge is 0.343 e. The highest BCUT2D eigenvalue weighted by Gasteiger charge is 2.28. The Balaban J connectivity index is 2.31. The van der Waals surface area contributed by atoms with Crippen LogP contribution in [0.4, 0.5) is 30.2 Å². The average molecular weight is 412 g/mol. The van der Waals surface area contributed by atoms with E-state index in [-0.39, 0.29) is 11.3 Å². The van der Waals surface area contributed by atoms with Gasteiger partial charge in [0.15, 0.2) is 0 Å². The molecule has 10 nitrogen and oxygen atoms in total. The van der Waals surface area contributed by atoms with Gasteiger partial charge in [0.05, 0.1) is 32.7 Å². The molecule has 29 heavy (non-hydrogen) atoms. The van der Waals surface area contributed by atoms with E-state index in [1.165, 1.54) is 18.2 Å². The molecule has 0 spiro atoms. The van der Waals surface area contributed by atoms with Gasteiger partial charge >= 0.3 is 6.18 Å². The molecule has 13 heteroatoms. The van der Waals surface area contributed by atoms with Crippen LogP contribution in [0, 0.1) is 20.2 Å². The fourth-order valence-corrected chi connectivity index (χ4v) is 2.20. The highest BCUT2D eigenvalue weighted by Crippen LogP contribution is 2.24. The normalized spacial score (nSPS) is 10.9. The molecular formula is C16H11F3N4O6. The molecule has 0 unspecified atom stereocenters. The monoisotopic (exact) mass is 412 g/mol. The predicted octanol–water partition coefficient (Wildman–Crippen LogP) is 3.05. The van der Waals surface area contributed by atoms with Gasteiger partial charge in [-0.05, 0) is 12.1 Å². The van der Waals surface area contributed by atoms with Gasteiger partial charge in [0.2, 0.25) is 0 Å². The van der Waals surface area contributed by atoms with Crippen LogP contribution in [0.1, 0.15) is 20.7 Å². The van der Waals surface area contributed by atoms with E-state index in [1.807, 2.05) is 0 Å². The SMILES string of the molecule is O=C(Nc1ccccc1C(=O)NCC(F)(F)F)c1cc([N+](=O)[O-])cc([N+](=O)[O-])c1. The molecule has 2 aromatic carbocycles. The highest BCUT2D eigenvalue weighted by molar-refractivity contribution is 6.09. The molecule has 0 radical (unpaired) electrons. The van der Waals surface area contributed by atoms with E-state index in [0.717, 1.165) is 18.2 Å². The Labute approximate surface area is 159 Å². The van der Waals surface area contributed by atoms with Crippen LogP contribution in [-0.4, -0.2) is 34.4 Å². The number of nitrogens with one attached hydrogen (secondary N) is 2. The topological polar surface area (TPSA) is 144 Å². The average Bonchev–Trinajstić information content (AvgIpc) is 2.65. The van der Waals surface area contributed by atoms with E-state index < -0.39 is 51.3 Å². The maximum Gasteiger partial charge on any atom is 0.405 e. The first-order valence-corrected chi connectivity index (χ1v) is 7.67. The molecular weight excluding hydrogens is 401 g/mol. The van der Waals surface area contributed by atoms with Crippen LogP contribution in [-0.2, 0) is 0 Å². The number of para-hydroxylation sites is 1. The van der Waals surface area contributed by atoms with Crippen molar-refractivity contribution in [3.8, 4) is 0 Å². The highest BCUT2D eigenvalue weighted by atomic mass is 19.4. The Morgan fingerprint density at radius 3 is 2.00 bits per heavy atom. The maximum absolute atomic E-state index is 12.4. The number of hydrogen-bond acceptors (Lipinski definition) is 6. The number of non-ortho nitro benzene ring substituents is 2. The molecule has 2 amide bonds. The first-order chi connectivity index (χ1) is 13.5. The number of nitro benzene ring substituents is 2. The van der Waals surface area contributed by atoms with Gasteiger partial charge < -0.3 is 10.6 Å². The van der Waals surface area contributed by atoms with Crippen molar-refractivity contribution in [2.24, 2.45) is 0 Å². The fourth-order valence-electron chi connectivity index (χ4n) is 2.20. The lowest BCUT2D eigenvalue weighted by Crippen LogP contribution is -2.34. The van der Waals surface area contributed by atoms with Crippen LogP contribution >= 0.6 is 0 Å². The van der Waals surface area contributed by atoms with Gasteiger partial charge in [0.25, 0.3) is 23.2 Å². The van der Waals surface area contributed by atoms with Crippen LogP contribution in [0.5, 0.6) is 0 Å². The van der Waals surface area contributed by atoms with Gasteiger partial charge in [-0.2, -0.15) is 13.2 Å². The minimum Gasteiger partial charge on any atom is -0.343 e. The number of nitrogens with zero attached hydrogens (tertiary/aromatic N) is 2. The number of nitro groups is 2. The molecule has 0 aliphatic rings.